The number of carbonyl (C=O) groups is 1. The number of aromatic nitrogens is 2. The third-order valence-corrected chi connectivity index (χ3v) is 6.08. The molecule has 5 nitrogen and oxygen atoms in total. The van der Waals surface area contributed by atoms with Crippen LogP contribution in [-0.2, 0) is 4.79 Å². The van der Waals surface area contributed by atoms with E-state index in [0.29, 0.717) is 24.0 Å². The van der Waals surface area contributed by atoms with Crippen LogP contribution in [0, 0.1) is 0 Å². The zero-order chi connectivity index (χ0) is 18.6. The summed E-state index contributed by atoms with van der Waals surface area (Å²) in [6.07, 6.45) is 6.78. The fraction of sp³-hybridized carbons (Fsp3) is 0.250. The monoisotopic (exact) mass is 399 g/mol. The Labute approximate surface area is 166 Å². The smallest absolute Gasteiger partial charge is 0.246 e. The number of hydrogen-bond acceptors (Lipinski definition) is 5. The normalized spacial score (nSPS) is 15.5. The molecule has 4 rings (SSSR count). The number of likely N-dealkylation sites (tertiary alicyclic amines) is 1. The number of piperidine rings is 1. The van der Waals surface area contributed by atoms with Crippen LogP contribution < -0.4 is 0 Å². The van der Waals surface area contributed by atoms with Crippen LogP contribution >= 0.6 is 22.9 Å². The highest BCUT2D eigenvalue weighted by molar-refractivity contribution is 7.14. The fourth-order valence-corrected chi connectivity index (χ4v) is 4.30. The minimum atomic E-state index is 0.0157. The first kappa shape index (κ1) is 17.9. The largest absolute Gasteiger partial charge is 0.462 e. The molecule has 2 aromatic heterocycles. The summed E-state index contributed by atoms with van der Waals surface area (Å²) in [7, 11) is 0. The molecular formula is C20H18ClN3O2S. The van der Waals surface area contributed by atoms with Crippen molar-refractivity contribution in [3.05, 3.63) is 64.3 Å². The van der Waals surface area contributed by atoms with Gasteiger partial charge in [0.2, 0.25) is 5.91 Å². The molecule has 138 valence electrons. The maximum absolute atomic E-state index is 12.4. The van der Waals surface area contributed by atoms with Gasteiger partial charge in [0.25, 0.3) is 0 Å². The van der Waals surface area contributed by atoms with E-state index in [0.717, 1.165) is 34.2 Å². The highest BCUT2D eigenvalue weighted by atomic mass is 35.5. The Morgan fingerprint density at radius 1 is 1.19 bits per heavy atom. The highest BCUT2D eigenvalue weighted by Crippen LogP contribution is 2.33. The summed E-state index contributed by atoms with van der Waals surface area (Å²) in [6.45, 7) is 1.43. The first-order chi connectivity index (χ1) is 13.2. The van der Waals surface area contributed by atoms with E-state index >= 15 is 0 Å². The van der Waals surface area contributed by atoms with Crippen molar-refractivity contribution in [2.75, 3.05) is 13.1 Å². The second kappa shape index (κ2) is 8.06. The zero-order valence-corrected chi connectivity index (χ0v) is 16.1. The van der Waals surface area contributed by atoms with Gasteiger partial charge in [-0.1, -0.05) is 41.1 Å². The van der Waals surface area contributed by atoms with Crippen LogP contribution in [0.2, 0.25) is 5.02 Å². The summed E-state index contributed by atoms with van der Waals surface area (Å²) in [5.74, 6) is 1.10. The van der Waals surface area contributed by atoms with Crippen molar-refractivity contribution in [2.45, 2.75) is 18.8 Å². The van der Waals surface area contributed by atoms with Crippen LogP contribution in [0.4, 0.5) is 0 Å². The number of amides is 1. The molecule has 1 aromatic carbocycles. The highest BCUT2D eigenvalue weighted by Gasteiger charge is 2.25. The number of rotatable bonds is 4. The van der Waals surface area contributed by atoms with Gasteiger partial charge in [0, 0.05) is 30.1 Å². The average Bonchev–Trinajstić information content (AvgIpc) is 3.39. The predicted molar refractivity (Wildman–Crippen MR) is 107 cm³/mol. The van der Waals surface area contributed by atoms with E-state index in [1.54, 1.807) is 29.8 Å². The van der Waals surface area contributed by atoms with Gasteiger partial charge in [0.1, 0.15) is 5.01 Å². The van der Waals surface area contributed by atoms with Crippen LogP contribution in [0.3, 0.4) is 0 Å². The molecule has 0 saturated carbocycles. The lowest BCUT2D eigenvalue weighted by molar-refractivity contribution is -0.126. The van der Waals surface area contributed by atoms with Crippen molar-refractivity contribution >= 4 is 34.9 Å². The summed E-state index contributed by atoms with van der Waals surface area (Å²) < 4.78 is 5.38. The number of carbonyl (C=O) groups excluding carboxylic acids is 1. The molecule has 0 bridgehead atoms. The lowest BCUT2D eigenvalue weighted by Gasteiger charge is -2.30. The van der Waals surface area contributed by atoms with Crippen molar-refractivity contribution in [2.24, 2.45) is 0 Å². The van der Waals surface area contributed by atoms with Crippen molar-refractivity contribution < 1.29 is 9.21 Å². The number of furan rings is 1. The standard InChI is InChI=1S/C20H18ClN3O2S/c21-16-5-2-1-4-14(16)7-8-18(25)24-11-9-15(10-12-24)19-22-23-20(27-19)17-6-3-13-26-17/h1-8,13,15H,9-12H2. The average molecular weight is 400 g/mol. The van der Waals surface area contributed by atoms with Gasteiger partial charge in [-0.25, -0.2) is 0 Å². The van der Waals surface area contributed by atoms with Crippen LogP contribution in [-0.4, -0.2) is 34.1 Å². The molecule has 0 spiro atoms. The molecule has 0 radical (unpaired) electrons. The van der Waals surface area contributed by atoms with E-state index in [-0.39, 0.29) is 5.91 Å². The van der Waals surface area contributed by atoms with Crippen LogP contribution in [0.5, 0.6) is 0 Å². The minimum Gasteiger partial charge on any atom is -0.462 e. The molecule has 1 aliphatic rings. The first-order valence-corrected chi connectivity index (χ1v) is 9.99. The molecular weight excluding hydrogens is 382 g/mol. The summed E-state index contributed by atoms with van der Waals surface area (Å²) in [5, 5.41) is 11.0. The van der Waals surface area contributed by atoms with Gasteiger partial charge < -0.3 is 9.32 Å². The molecule has 1 amide bonds. The van der Waals surface area contributed by atoms with Crippen LogP contribution in [0.15, 0.2) is 53.2 Å². The van der Waals surface area contributed by atoms with Gasteiger partial charge in [-0.05, 0) is 42.7 Å². The molecule has 0 atom stereocenters. The minimum absolute atomic E-state index is 0.0157. The molecule has 3 heterocycles. The molecule has 7 heteroatoms. The molecule has 1 saturated heterocycles. The van der Waals surface area contributed by atoms with E-state index in [2.05, 4.69) is 10.2 Å². The second-order valence-corrected chi connectivity index (χ2v) is 7.79. The number of halogens is 1. The lowest BCUT2D eigenvalue weighted by atomic mass is 9.97. The van der Waals surface area contributed by atoms with Crippen molar-refractivity contribution in [1.82, 2.24) is 15.1 Å². The fourth-order valence-electron chi connectivity index (χ4n) is 3.12. The van der Waals surface area contributed by atoms with Gasteiger partial charge in [-0.15, -0.1) is 10.2 Å². The lowest BCUT2D eigenvalue weighted by Crippen LogP contribution is -2.36. The number of hydrogen-bond donors (Lipinski definition) is 0. The Balaban J connectivity index is 1.35. The van der Waals surface area contributed by atoms with Crippen molar-refractivity contribution in [1.29, 1.82) is 0 Å². The zero-order valence-electron chi connectivity index (χ0n) is 14.5. The molecule has 27 heavy (non-hydrogen) atoms. The van der Waals surface area contributed by atoms with Gasteiger partial charge in [-0.2, -0.15) is 0 Å². The molecule has 1 aliphatic heterocycles. The van der Waals surface area contributed by atoms with Gasteiger partial charge in [0.05, 0.1) is 6.26 Å². The maximum atomic E-state index is 12.4. The predicted octanol–water partition coefficient (Wildman–Crippen LogP) is 4.87. The van der Waals surface area contributed by atoms with E-state index in [9.17, 15) is 4.79 Å². The number of nitrogens with zero attached hydrogens (tertiary/aromatic N) is 3. The van der Waals surface area contributed by atoms with Gasteiger partial charge in [-0.3, -0.25) is 4.79 Å². The molecule has 0 N–H and O–H groups in total. The Morgan fingerprint density at radius 3 is 2.74 bits per heavy atom. The number of benzene rings is 1. The third-order valence-electron chi connectivity index (χ3n) is 4.64. The Hall–Kier alpha value is -2.44. The maximum Gasteiger partial charge on any atom is 0.246 e. The third kappa shape index (κ3) is 4.12. The second-order valence-electron chi connectivity index (χ2n) is 6.38. The molecule has 1 fully saturated rings. The topological polar surface area (TPSA) is 59.2 Å². The molecule has 3 aromatic rings. The SMILES string of the molecule is O=C(C=Cc1ccccc1Cl)N1CCC(c2nnc(-c3ccco3)s2)CC1. The van der Waals surface area contributed by atoms with Gasteiger partial charge in [0.15, 0.2) is 10.8 Å². The summed E-state index contributed by atoms with van der Waals surface area (Å²) in [6, 6.07) is 11.2. The Morgan fingerprint density at radius 2 is 2.00 bits per heavy atom. The summed E-state index contributed by atoms with van der Waals surface area (Å²) in [4.78, 5) is 14.3. The van der Waals surface area contributed by atoms with E-state index in [1.807, 2.05) is 41.3 Å². The van der Waals surface area contributed by atoms with E-state index in [1.165, 1.54) is 0 Å². The Kier molecular flexibility index (Phi) is 5.36. The van der Waals surface area contributed by atoms with Crippen molar-refractivity contribution in [3.63, 3.8) is 0 Å². The molecule has 0 aliphatic carbocycles. The molecule has 0 unspecified atom stereocenters. The first-order valence-electron chi connectivity index (χ1n) is 8.79. The van der Waals surface area contributed by atoms with E-state index < -0.39 is 0 Å². The quantitative estimate of drug-likeness (QED) is 0.587. The van der Waals surface area contributed by atoms with Crippen LogP contribution in [0.1, 0.15) is 29.3 Å². The van der Waals surface area contributed by atoms with Crippen molar-refractivity contribution in [3.8, 4) is 10.8 Å². The van der Waals surface area contributed by atoms with Gasteiger partial charge >= 0.3 is 0 Å². The van der Waals surface area contributed by atoms with E-state index in [4.69, 9.17) is 16.0 Å². The van der Waals surface area contributed by atoms with Crippen LogP contribution in [0.25, 0.3) is 16.8 Å². The summed E-state index contributed by atoms with van der Waals surface area (Å²) >= 11 is 7.69. The Bertz CT molecular complexity index is 944. The summed E-state index contributed by atoms with van der Waals surface area (Å²) in [5.41, 5.74) is 0.849.